The molecule has 0 saturated heterocycles. The third-order valence-corrected chi connectivity index (χ3v) is 2.68. The molecule has 1 atom stereocenters. The summed E-state index contributed by atoms with van der Waals surface area (Å²) >= 11 is 0. The number of hydrogen-bond acceptors (Lipinski definition) is 6. The van der Waals surface area contributed by atoms with E-state index in [1.807, 2.05) is 6.92 Å². The predicted molar refractivity (Wildman–Crippen MR) is 59.8 cm³/mol. The van der Waals surface area contributed by atoms with E-state index in [2.05, 4.69) is 44.6 Å². The van der Waals surface area contributed by atoms with Gasteiger partial charge in [-0.2, -0.15) is 10.2 Å². The van der Waals surface area contributed by atoms with Gasteiger partial charge in [-0.1, -0.05) is 13.8 Å². The van der Waals surface area contributed by atoms with Crippen LogP contribution in [-0.4, -0.2) is 21.5 Å². The zero-order chi connectivity index (χ0) is 11.6. The molecule has 0 spiro atoms. The summed E-state index contributed by atoms with van der Waals surface area (Å²) in [7, 11) is 0. The van der Waals surface area contributed by atoms with Crippen LogP contribution in [-0.2, 0) is 0 Å². The van der Waals surface area contributed by atoms with Crippen LogP contribution in [0.3, 0.4) is 0 Å². The zero-order valence-electron chi connectivity index (χ0n) is 9.55. The standard InChI is InChI=1S/C10H14N6/c1-7(2)10(3)15-13-9(14-16-10)8-4-5-11-6-12-8/h4-7,15H,1-3H3. The number of hydrazone groups is 1. The predicted octanol–water partition coefficient (Wildman–Crippen LogP) is 1.57. The van der Waals surface area contributed by atoms with Crippen LogP contribution >= 0.6 is 0 Å². The van der Waals surface area contributed by atoms with Crippen LogP contribution in [0.1, 0.15) is 26.5 Å². The summed E-state index contributed by atoms with van der Waals surface area (Å²) in [4.78, 5) is 7.90. The van der Waals surface area contributed by atoms with Crippen LogP contribution in [0.4, 0.5) is 0 Å². The molecule has 1 N–H and O–H groups in total. The summed E-state index contributed by atoms with van der Waals surface area (Å²) in [5.74, 6) is 0.799. The van der Waals surface area contributed by atoms with E-state index >= 15 is 0 Å². The molecule has 0 bridgehead atoms. The highest BCUT2D eigenvalue weighted by molar-refractivity contribution is 5.97. The summed E-state index contributed by atoms with van der Waals surface area (Å²) in [6, 6.07) is 1.75. The Bertz CT molecular complexity index is 424. The molecule has 0 amide bonds. The molecule has 0 aliphatic carbocycles. The molecular formula is C10H14N6. The SMILES string of the molecule is CC(C)C1(C)N=NC(c2ccncn2)=NN1. The summed E-state index contributed by atoms with van der Waals surface area (Å²) in [5.41, 5.74) is 3.24. The van der Waals surface area contributed by atoms with E-state index in [-0.39, 0.29) is 0 Å². The van der Waals surface area contributed by atoms with Gasteiger partial charge in [-0.3, -0.25) is 5.43 Å². The van der Waals surface area contributed by atoms with E-state index in [1.165, 1.54) is 6.33 Å². The molecule has 6 nitrogen and oxygen atoms in total. The lowest BCUT2D eigenvalue weighted by atomic mass is 10.0. The fraction of sp³-hybridized carbons (Fsp3) is 0.500. The molecule has 2 heterocycles. The summed E-state index contributed by atoms with van der Waals surface area (Å²) in [6.45, 7) is 6.09. The third kappa shape index (κ3) is 1.91. The van der Waals surface area contributed by atoms with Gasteiger partial charge in [0.05, 0.1) is 0 Å². The molecule has 0 radical (unpaired) electrons. The highest BCUT2D eigenvalue weighted by Gasteiger charge is 2.30. The van der Waals surface area contributed by atoms with Crippen LogP contribution in [0.15, 0.2) is 33.9 Å². The summed E-state index contributed by atoms with van der Waals surface area (Å²) in [6.07, 6.45) is 3.11. The molecule has 16 heavy (non-hydrogen) atoms. The fourth-order valence-corrected chi connectivity index (χ4v) is 1.14. The van der Waals surface area contributed by atoms with Gasteiger partial charge in [0.2, 0.25) is 5.84 Å². The average Bonchev–Trinajstić information content (AvgIpc) is 2.31. The van der Waals surface area contributed by atoms with Crippen molar-refractivity contribution in [2.24, 2.45) is 21.2 Å². The minimum Gasteiger partial charge on any atom is -0.279 e. The van der Waals surface area contributed by atoms with E-state index in [0.29, 0.717) is 17.4 Å². The summed E-state index contributed by atoms with van der Waals surface area (Å²) in [5, 5.41) is 12.5. The second kappa shape index (κ2) is 3.96. The first kappa shape index (κ1) is 10.7. The minimum atomic E-state index is -0.434. The van der Waals surface area contributed by atoms with Gasteiger partial charge in [0, 0.05) is 6.20 Å². The van der Waals surface area contributed by atoms with E-state index in [4.69, 9.17) is 0 Å². The number of azo groups is 1. The van der Waals surface area contributed by atoms with Gasteiger partial charge >= 0.3 is 0 Å². The van der Waals surface area contributed by atoms with Crippen molar-refractivity contribution in [3.63, 3.8) is 0 Å². The molecular weight excluding hydrogens is 204 g/mol. The molecule has 1 aliphatic rings. The lowest BCUT2D eigenvalue weighted by molar-refractivity contribution is 0.260. The van der Waals surface area contributed by atoms with Crippen molar-refractivity contribution in [3.8, 4) is 0 Å². The normalized spacial score (nSPS) is 24.1. The van der Waals surface area contributed by atoms with Gasteiger partial charge in [-0.15, -0.1) is 5.11 Å². The maximum atomic E-state index is 4.24. The first-order valence-electron chi connectivity index (χ1n) is 5.16. The molecule has 0 fully saturated rings. The number of aromatic nitrogens is 2. The van der Waals surface area contributed by atoms with E-state index in [9.17, 15) is 0 Å². The summed E-state index contributed by atoms with van der Waals surface area (Å²) < 4.78 is 0. The number of nitrogens with zero attached hydrogens (tertiary/aromatic N) is 5. The van der Waals surface area contributed by atoms with Crippen molar-refractivity contribution in [2.45, 2.75) is 26.4 Å². The Kier molecular flexibility index (Phi) is 2.64. The van der Waals surface area contributed by atoms with Crippen LogP contribution in [0.25, 0.3) is 0 Å². The van der Waals surface area contributed by atoms with E-state index in [0.717, 1.165) is 0 Å². The maximum Gasteiger partial charge on any atom is 0.218 e. The Hall–Kier alpha value is -1.85. The fourth-order valence-electron chi connectivity index (χ4n) is 1.14. The average molecular weight is 218 g/mol. The molecule has 1 aromatic rings. The maximum absolute atomic E-state index is 4.24. The van der Waals surface area contributed by atoms with Crippen LogP contribution < -0.4 is 5.43 Å². The van der Waals surface area contributed by atoms with Crippen molar-refractivity contribution in [1.82, 2.24) is 15.4 Å². The lowest BCUT2D eigenvalue weighted by Crippen LogP contribution is -2.44. The van der Waals surface area contributed by atoms with Gasteiger partial charge in [-0.05, 0) is 18.9 Å². The molecule has 0 saturated carbocycles. The number of hydrogen-bond donors (Lipinski definition) is 1. The van der Waals surface area contributed by atoms with Crippen molar-refractivity contribution in [1.29, 1.82) is 0 Å². The molecule has 6 heteroatoms. The Balaban J connectivity index is 2.20. The van der Waals surface area contributed by atoms with E-state index in [1.54, 1.807) is 12.3 Å². The van der Waals surface area contributed by atoms with Gasteiger partial charge in [0.1, 0.15) is 12.0 Å². The molecule has 84 valence electrons. The quantitative estimate of drug-likeness (QED) is 0.818. The van der Waals surface area contributed by atoms with Gasteiger partial charge in [0.25, 0.3) is 0 Å². The van der Waals surface area contributed by atoms with Crippen molar-refractivity contribution in [2.75, 3.05) is 0 Å². The van der Waals surface area contributed by atoms with Gasteiger partial charge < -0.3 is 0 Å². The Morgan fingerprint density at radius 3 is 2.69 bits per heavy atom. The lowest BCUT2D eigenvalue weighted by Gasteiger charge is -2.29. The van der Waals surface area contributed by atoms with Crippen molar-refractivity contribution in [3.05, 3.63) is 24.3 Å². The van der Waals surface area contributed by atoms with Crippen molar-refractivity contribution < 1.29 is 0 Å². The van der Waals surface area contributed by atoms with E-state index < -0.39 is 5.66 Å². The molecule has 1 aliphatic heterocycles. The van der Waals surface area contributed by atoms with Crippen LogP contribution in [0, 0.1) is 5.92 Å². The zero-order valence-corrected chi connectivity index (χ0v) is 9.55. The third-order valence-electron chi connectivity index (χ3n) is 2.68. The van der Waals surface area contributed by atoms with Crippen LogP contribution in [0.2, 0.25) is 0 Å². The highest BCUT2D eigenvalue weighted by atomic mass is 15.5. The Labute approximate surface area is 93.9 Å². The smallest absolute Gasteiger partial charge is 0.218 e. The molecule has 1 unspecified atom stereocenters. The second-order valence-electron chi connectivity index (χ2n) is 4.14. The first-order valence-corrected chi connectivity index (χ1v) is 5.16. The van der Waals surface area contributed by atoms with Gasteiger partial charge in [0.15, 0.2) is 5.66 Å². The monoisotopic (exact) mass is 218 g/mol. The second-order valence-corrected chi connectivity index (χ2v) is 4.14. The van der Waals surface area contributed by atoms with Crippen LogP contribution in [0.5, 0.6) is 0 Å². The largest absolute Gasteiger partial charge is 0.279 e. The van der Waals surface area contributed by atoms with Crippen molar-refractivity contribution >= 4 is 5.84 Å². The highest BCUT2D eigenvalue weighted by Crippen LogP contribution is 2.21. The first-order chi connectivity index (χ1) is 7.62. The molecule has 0 aromatic carbocycles. The Morgan fingerprint density at radius 1 is 1.38 bits per heavy atom. The molecule has 1 aromatic heterocycles. The topological polar surface area (TPSA) is 74.9 Å². The number of amidine groups is 1. The van der Waals surface area contributed by atoms with Gasteiger partial charge in [-0.25, -0.2) is 9.97 Å². The number of nitrogens with one attached hydrogen (secondary N) is 1. The number of rotatable bonds is 2. The Morgan fingerprint density at radius 2 is 2.19 bits per heavy atom. The minimum absolute atomic E-state index is 0.312. The molecule has 2 rings (SSSR count).